The average Bonchev–Trinajstić information content (AvgIpc) is 2.57. The van der Waals surface area contributed by atoms with E-state index in [1.807, 2.05) is 6.92 Å². The summed E-state index contributed by atoms with van der Waals surface area (Å²) in [5.74, 6) is 0.828. The van der Waals surface area contributed by atoms with Crippen LogP contribution in [0.1, 0.15) is 12.7 Å². The molecule has 0 aliphatic heterocycles. The molecule has 0 radical (unpaired) electrons. The van der Waals surface area contributed by atoms with Crippen molar-refractivity contribution < 1.29 is 8.42 Å². The number of aromatic nitrogens is 2. The van der Waals surface area contributed by atoms with Gasteiger partial charge in [0.25, 0.3) is 9.05 Å². The second kappa shape index (κ2) is 3.50. The highest BCUT2D eigenvalue weighted by Crippen LogP contribution is 2.20. The van der Waals surface area contributed by atoms with Crippen molar-refractivity contribution in [3.05, 3.63) is 24.0 Å². The van der Waals surface area contributed by atoms with Crippen molar-refractivity contribution in [3.8, 4) is 0 Å². The minimum Gasteiger partial charge on any atom is -0.342 e. The summed E-state index contributed by atoms with van der Waals surface area (Å²) in [6.07, 6.45) is 0.775. The molecule has 15 heavy (non-hydrogen) atoms. The monoisotopic (exact) mass is 244 g/mol. The fraction of sp³-hybridized carbons (Fsp3) is 0.222. The average molecular weight is 245 g/mol. The number of nitrogens with zero attached hydrogens (tertiary/aromatic N) is 1. The van der Waals surface area contributed by atoms with Gasteiger partial charge in [0.15, 0.2) is 0 Å². The van der Waals surface area contributed by atoms with E-state index in [0.29, 0.717) is 5.52 Å². The first-order chi connectivity index (χ1) is 7.00. The number of aryl methyl sites for hydroxylation is 1. The number of halogens is 1. The van der Waals surface area contributed by atoms with Crippen LogP contribution in [-0.2, 0) is 15.5 Å². The first-order valence-corrected chi connectivity index (χ1v) is 6.75. The fourth-order valence-electron chi connectivity index (χ4n) is 1.36. The standard InChI is InChI=1S/C9H9ClN2O2S/c1-2-9-11-7-4-3-6(15(10,13)14)5-8(7)12-9/h3-5H,2H2,1H3,(H,11,12). The fourth-order valence-corrected chi connectivity index (χ4v) is 2.14. The molecule has 80 valence electrons. The zero-order chi connectivity index (χ0) is 11.1. The van der Waals surface area contributed by atoms with Crippen LogP contribution in [0.4, 0.5) is 0 Å². The van der Waals surface area contributed by atoms with Crippen LogP contribution < -0.4 is 0 Å². The van der Waals surface area contributed by atoms with E-state index in [-0.39, 0.29) is 4.90 Å². The third-order valence-corrected chi connectivity index (χ3v) is 3.47. The summed E-state index contributed by atoms with van der Waals surface area (Å²) in [5, 5.41) is 0. The third-order valence-electron chi connectivity index (χ3n) is 2.12. The maximum Gasteiger partial charge on any atom is 0.261 e. The van der Waals surface area contributed by atoms with E-state index in [1.54, 1.807) is 6.07 Å². The van der Waals surface area contributed by atoms with Crippen LogP contribution in [-0.4, -0.2) is 18.4 Å². The Bertz CT molecular complexity index is 604. The van der Waals surface area contributed by atoms with Crippen molar-refractivity contribution in [2.45, 2.75) is 18.2 Å². The topological polar surface area (TPSA) is 62.8 Å². The summed E-state index contributed by atoms with van der Waals surface area (Å²) in [6, 6.07) is 4.58. The second-order valence-corrected chi connectivity index (χ2v) is 5.72. The van der Waals surface area contributed by atoms with Gasteiger partial charge in [-0.25, -0.2) is 13.4 Å². The molecule has 0 unspecified atom stereocenters. The Balaban J connectivity index is 2.66. The first-order valence-electron chi connectivity index (χ1n) is 4.44. The Kier molecular flexibility index (Phi) is 2.44. The molecule has 1 heterocycles. The van der Waals surface area contributed by atoms with Crippen LogP contribution in [0, 0.1) is 0 Å². The normalized spacial score (nSPS) is 12.1. The van der Waals surface area contributed by atoms with Gasteiger partial charge >= 0.3 is 0 Å². The minimum absolute atomic E-state index is 0.0861. The lowest BCUT2D eigenvalue weighted by Gasteiger charge is -1.94. The molecule has 1 aromatic heterocycles. The van der Waals surface area contributed by atoms with Crippen LogP contribution in [0.15, 0.2) is 23.1 Å². The lowest BCUT2D eigenvalue weighted by atomic mass is 10.3. The molecule has 2 aromatic rings. The molecular weight excluding hydrogens is 236 g/mol. The largest absolute Gasteiger partial charge is 0.342 e. The van der Waals surface area contributed by atoms with Gasteiger partial charge in [-0.1, -0.05) is 6.92 Å². The molecule has 0 spiro atoms. The highest BCUT2D eigenvalue weighted by molar-refractivity contribution is 8.13. The second-order valence-electron chi connectivity index (χ2n) is 3.15. The molecule has 0 aliphatic rings. The number of nitrogens with one attached hydrogen (secondary N) is 1. The smallest absolute Gasteiger partial charge is 0.261 e. The molecule has 0 bridgehead atoms. The molecular formula is C9H9ClN2O2S. The molecule has 0 aliphatic carbocycles. The zero-order valence-corrected chi connectivity index (χ0v) is 9.56. The lowest BCUT2D eigenvalue weighted by molar-refractivity contribution is 0.609. The number of aromatic amines is 1. The van der Waals surface area contributed by atoms with Crippen molar-refractivity contribution in [3.63, 3.8) is 0 Å². The first kappa shape index (κ1) is 10.4. The van der Waals surface area contributed by atoms with E-state index in [4.69, 9.17) is 10.7 Å². The quantitative estimate of drug-likeness (QED) is 0.823. The highest BCUT2D eigenvalue weighted by atomic mass is 35.7. The van der Waals surface area contributed by atoms with Crippen molar-refractivity contribution >= 4 is 30.8 Å². The van der Waals surface area contributed by atoms with Gasteiger partial charge in [0.1, 0.15) is 5.82 Å². The molecule has 0 fully saturated rings. The minimum atomic E-state index is -3.67. The number of H-pyrrole nitrogens is 1. The summed E-state index contributed by atoms with van der Waals surface area (Å²) in [7, 11) is 1.57. The van der Waals surface area contributed by atoms with Crippen molar-refractivity contribution in [1.82, 2.24) is 9.97 Å². The maximum absolute atomic E-state index is 11.1. The van der Waals surface area contributed by atoms with Crippen LogP contribution >= 0.6 is 10.7 Å². The molecule has 1 N–H and O–H groups in total. The lowest BCUT2D eigenvalue weighted by Crippen LogP contribution is -1.89. The number of rotatable bonds is 2. The molecule has 0 atom stereocenters. The SMILES string of the molecule is CCc1nc2ccc(S(=O)(=O)Cl)cc2[nH]1. The van der Waals surface area contributed by atoms with E-state index in [2.05, 4.69) is 9.97 Å². The summed E-state index contributed by atoms with van der Waals surface area (Å²) in [5.41, 5.74) is 1.43. The molecule has 4 nitrogen and oxygen atoms in total. The molecule has 0 saturated heterocycles. The number of benzene rings is 1. The zero-order valence-electron chi connectivity index (χ0n) is 7.99. The van der Waals surface area contributed by atoms with E-state index in [0.717, 1.165) is 17.8 Å². The Morgan fingerprint density at radius 1 is 1.47 bits per heavy atom. The van der Waals surface area contributed by atoms with Crippen LogP contribution in [0.2, 0.25) is 0 Å². The Labute approximate surface area is 91.7 Å². The highest BCUT2D eigenvalue weighted by Gasteiger charge is 2.11. The Hall–Kier alpha value is -1.07. The maximum atomic E-state index is 11.1. The van der Waals surface area contributed by atoms with Crippen molar-refractivity contribution in [2.24, 2.45) is 0 Å². The van der Waals surface area contributed by atoms with Gasteiger partial charge in [-0.05, 0) is 18.2 Å². The van der Waals surface area contributed by atoms with Gasteiger partial charge in [0.05, 0.1) is 15.9 Å². The predicted molar refractivity (Wildman–Crippen MR) is 58.5 cm³/mol. The van der Waals surface area contributed by atoms with Crippen molar-refractivity contribution in [2.75, 3.05) is 0 Å². The van der Waals surface area contributed by atoms with Crippen LogP contribution in [0.3, 0.4) is 0 Å². The number of hydrogen-bond acceptors (Lipinski definition) is 3. The molecule has 0 amide bonds. The van der Waals surface area contributed by atoms with E-state index in [9.17, 15) is 8.42 Å². The van der Waals surface area contributed by atoms with Gasteiger partial charge in [-0.3, -0.25) is 0 Å². The van der Waals surface area contributed by atoms with Gasteiger partial charge in [0, 0.05) is 17.1 Å². The Morgan fingerprint density at radius 2 is 2.20 bits per heavy atom. The van der Waals surface area contributed by atoms with E-state index >= 15 is 0 Å². The molecule has 1 aromatic carbocycles. The summed E-state index contributed by atoms with van der Waals surface area (Å²) < 4.78 is 22.2. The van der Waals surface area contributed by atoms with E-state index in [1.165, 1.54) is 12.1 Å². The summed E-state index contributed by atoms with van der Waals surface area (Å²) in [6.45, 7) is 1.97. The third kappa shape index (κ3) is 1.98. The Morgan fingerprint density at radius 3 is 2.80 bits per heavy atom. The van der Waals surface area contributed by atoms with Crippen LogP contribution in [0.5, 0.6) is 0 Å². The number of hydrogen-bond donors (Lipinski definition) is 1. The molecule has 6 heteroatoms. The number of imidazole rings is 1. The van der Waals surface area contributed by atoms with Gasteiger partial charge < -0.3 is 4.98 Å². The van der Waals surface area contributed by atoms with Crippen molar-refractivity contribution in [1.29, 1.82) is 0 Å². The number of fused-ring (bicyclic) bond motifs is 1. The van der Waals surface area contributed by atoms with Crippen LogP contribution in [0.25, 0.3) is 11.0 Å². The summed E-state index contributed by atoms with van der Waals surface area (Å²) >= 11 is 0. The molecule has 0 saturated carbocycles. The van der Waals surface area contributed by atoms with Gasteiger partial charge in [-0.2, -0.15) is 0 Å². The van der Waals surface area contributed by atoms with Gasteiger partial charge in [-0.15, -0.1) is 0 Å². The van der Waals surface area contributed by atoms with Gasteiger partial charge in [0.2, 0.25) is 0 Å². The van der Waals surface area contributed by atoms with E-state index < -0.39 is 9.05 Å². The molecule has 2 rings (SSSR count). The predicted octanol–water partition coefficient (Wildman–Crippen LogP) is 2.05. The summed E-state index contributed by atoms with van der Waals surface area (Å²) in [4.78, 5) is 7.37.